The Morgan fingerprint density at radius 2 is 2.30 bits per heavy atom. The van der Waals surface area contributed by atoms with Crippen LogP contribution in [-0.2, 0) is 11.2 Å². The molecular formula is C15H19N3O2. The molecule has 1 saturated heterocycles. The lowest BCUT2D eigenvalue weighted by atomic mass is 10.0. The Kier molecular flexibility index (Phi) is 3.22. The van der Waals surface area contributed by atoms with Crippen LogP contribution < -0.4 is 11.1 Å². The number of nitrogens with one attached hydrogen (secondary N) is 1. The lowest BCUT2D eigenvalue weighted by Crippen LogP contribution is -2.33. The number of rotatable bonds is 2. The van der Waals surface area contributed by atoms with Crippen LogP contribution in [0, 0.1) is 5.92 Å². The van der Waals surface area contributed by atoms with Gasteiger partial charge in [0.2, 0.25) is 5.91 Å². The first kappa shape index (κ1) is 13.1. The molecule has 0 aliphatic carbocycles. The molecule has 2 amide bonds. The molecule has 1 fully saturated rings. The first-order valence-electron chi connectivity index (χ1n) is 7.02. The van der Waals surface area contributed by atoms with Crippen LogP contribution in [0.4, 0.5) is 5.69 Å². The van der Waals surface area contributed by atoms with E-state index in [0.29, 0.717) is 17.9 Å². The van der Waals surface area contributed by atoms with E-state index in [2.05, 4.69) is 5.32 Å². The lowest BCUT2D eigenvalue weighted by molar-refractivity contribution is -0.115. The highest BCUT2D eigenvalue weighted by Gasteiger charge is 2.29. The first-order valence-corrected chi connectivity index (χ1v) is 7.02. The molecule has 2 atom stereocenters. The molecule has 2 aliphatic heterocycles. The fourth-order valence-corrected chi connectivity index (χ4v) is 2.93. The third-order valence-corrected chi connectivity index (χ3v) is 4.24. The van der Waals surface area contributed by atoms with Crippen LogP contribution in [0.15, 0.2) is 18.2 Å². The maximum absolute atomic E-state index is 12.5. The molecule has 2 heterocycles. The molecule has 5 heteroatoms. The summed E-state index contributed by atoms with van der Waals surface area (Å²) in [6.07, 6.45) is 1.37. The third-order valence-electron chi connectivity index (χ3n) is 4.24. The molecule has 0 radical (unpaired) electrons. The molecule has 1 aromatic carbocycles. The van der Waals surface area contributed by atoms with E-state index in [0.717, 1.165) is 30.8 Å². The molecule has 2 aliphatic rings. The minimum atomic E-state index is -0.0113. The maximum Gasteiger partial charge on any atom is 0.253 e. The topological polar surface area (TPSA) is 75.4 Å². The number of fused-ring (bicyclic) bond motifs is 1. The van der Waals surface area contributed by atoms with Crippen LogP contribution in [0.25, 0.3) is 0 Å². The molecule has 0 spiro atoms. The van der Waals surface area contributed by atoms with Crippen LogP contribution in [0.5, 0.6) is 0 Å². The molecule has 3 rings (SSSR count). The highest BCUT2D eigenvalue weighted by Crippen LogP contribution is 2.26. The minimum absolute atomic E-state index is 0.0113. The summed E-state index contributed by atoms with van der Waals surface area (Å²) < 4.78 is 0. The van der Waals surface area contributed by atoms with E-state index in [-0.39, 0.29) is 17.9 Å². The van der Waals surface area contributed by atoms with Crippen LogP contribution in [0.2, 0.25) is 0 Å². The van der Waals surface area contributed by atoms with Gasteiger partial charge in [-0.15, -0.1) is 0 Å². The zero-order valence-corrected chi connectivity index (χ0v) is 11.6. The van der Waals surface area contributed by atoms with Crippen LogP contribution >= 0.6 is 0 Å². The van der Waals surface area contributed by atoms with Gasteiger partial charge in [0.15, 0.2) is 0 Å². The van der Waals surface area contributed by atoms with Gasteiger partial charge >= 0.3 is 0 Å². The standard InChI is InChI=1S/C15H19N3O2/c1-9(16)12-4-5-18(8-12)15(20)11-3-2-10-7-14(19)17-13(10)6-11/h2-3,6,9,12H,4-5,7-8,16H2,1H3,(H,17,19). The van der Waals surface area contributed by atoms with E-state index in [1.54, 1.807) is 12.1 Å². The molecule has 0 aromatic heterocycles. The van der Waals surface area contributed by atoms with E-state index in [1.165, 1.54) is 0 Å². The van der Waals surface area contributed by atoms with E-state index in [9.17, 15) is 9.59 Å². The second-order valence-electron chi connectivity index (χ2n) is 5.76. The van der Waals surface area contributed by atoms with E-state index in [4.69, 9.17) is 5.73 Å². The number of benzene rings is 1. The van der Waals surface area contributed by atoms with Crippen molar-refractivity contribution in [2.24, 2.45) is 11.7 Å². The van der Waals surface area contributed by atoms with Crippen molar-refractivity contribution in [2.75, 3.05) is 18.4 Å². The van der Waals surface area contributed by atoms with Crippen molar-refractivity contribution >= 4 is 17.5 Å². The number of anilines is 1. The predicted molar refractivity (Wildman–Crippen MR) is 76.4 cm³/mol. The fraction of sp³-hybridized carbons (Fsp3) is 0.467. The van der Waals surface area contributed by atoms with Gasteiger partial charge in [0.25, 0.3) is 5.91 Å². The van der Waals surface area contributed by atoms with Gasteiger partial charge in [-0.3, -0.25) is 9.59 Å². The van der Waals surface area contributed by atoms with Crippen LogP contribution in [0.1, 0.15) is 29.3 Å². The third kappa shape index (κ3) is 2.29. The largest absolute Gasteiger partial charge is 0.338 e. The number of likely N-dealkylation sites (tertiary alicyclic amines) is 1. The zero-order valence-electron chi connectivity index (χ0n) is 11.6. The average Bonchev–Trinajstić information content (AvgIpc) is 3.02. The number of carbonyl (C=O) groups excluding carboxylic acids is 2. The SMILES string of the molecule is CC(N)C1CCN(C(=O)c2ccc3c(c2)NC(=O)C3)C1. The normalized spacial score (nSPS) is 22.6. The molecule has 5 nitrogen and oxygen atoms in total. The van der Waals surface area contributed by atoms with Gasteiger partial charge in [0, 0.05) is 30.4 Å². The van der Waals surface area contributed by atoms with Gasteiger partial charge in [0.05, 0.1) is 6.42 Å². The van der Waals surface area contributed by atoms with Gasteiger partial charge in [-0.05, 0) is 37.0 Å². The van der Waals surface area contributed by atoms with Crippen molar-refractivity contribution in [2.45, 2.75) is 25.8 Å². The summed E-state index contributed by atoms with van der Waals surface area (Å²) in [5, 5.41) is 2.78. The zero-order chi connectivity index (χ0) is 14.3. The Balaban J connectivity index is 1.76. The van der Waals surface area contributed by atoms with Crippen LogP contribution in [-0.4, -0.2) is 35.8 Å². The molecule has 2 unspecified atom stereocenters. The highest BCUT2D eigenvalue weighted by atomic mass is 16.2. The Labute approximate surface area is 118 Å². The molecular weight excluding hydrogens is 254 g/mol. The summed E-state index contributed by atoms with van der Waals surface area (Å²) in [4.78, 5) is 25.7. The summed E-state index contributed by atoms with van der Waals surface area (Å²) in [6.45, 7) is 3.47. The van der Waals surface area contributed by atoms with Gasteiger partial charge in [0.1, 0.15) is 0 Å². The number of hydrogen-bond acceptors (Lipinski definition) is 3. The quantitative estimate of drug-likeness (QED) is 0.843. The number of carbonyl (C=O) groups is 2. The molecule has 1 aromatic rings. The summed E-state index contributed by atoms with van der Waals surface area (Å²) in [5.41, 5.74) is 8.26. The fourth-order valence-electron chi connectivity index (χ4n) is 2.93. The lowest BCUT2D eigenvalue weighted by Gasteiger charge is -2.18. The first-order chi connectivity index (χ1) is 9.54. The average molecular weight is 273 g/mol. The van der Waals surface area contributed by atoms with Gasteiger partial charge in [-0.2, -0.15) is 0 Å². The Morgan fingerprint density at radius 3 is 3.00 bits per heavy atom. The second-order valence-corrected chi connectivity index (χ2v) is 5.76. The molecule has 0 bridgehead atoms. The smallest absolute Gasteiger partial charge is 0.253 e. The van der Waals surface area contributed by atoms with Gasteiger partial charge in [-0.1, -0.05) is 6.07 Å². The Bertz CT molecular complexity index is 568. The molecule has 3 N–H and O–H groups in total. The number of nitrogens with two attached hydrogens (primary N) is 1. The number of nitrogens with zero attached hydrogens (tertiary/aromatic N) is 1. The van der Waals surface area contributed by atoms with Crippen molar-refractivity contribution < 1.29 is 9.59 Å². The number of amides is 2. The van der Waals surface area contributed by atoms with Crippen molar-refractivity contribution in [3.05, 3.63) is 29.3 Å². The van der Waals surface area contributed by atoms with Crippen molar-refractivity contribution in [1.82, 2.24) is 4.90 Å². The van der Waals surface area contributed by atoms with Gasteiger partial charge in [-0.25, -0.2) is 0 Å². The van der Waals surface area contributed by atoms with Crippen LogP contribution in [0.3, 0.4) is 0 Å². The summed E-state index contributed by atoms with van der Waals surface area (Å²) >= 11 is 0. The predicted octanol–water partition coefficient (Wildman–Crippen LogP) is 0.990. The van der Waals surface area contributed by atoms with E-state index in [1.807, 2.05) is 17.9 Å². The van der Waals surface area contributed by atoms with Crippen molar-refractivity contribution in [3.63, 3.8) is 0 Å². The summed E-state index contributed by atoms with van der Waals surface area (Å²) in [6, 6.07) is 5.56. The molecule has 106 valence electrons. The summed E-state index contributed by atoms with van der Waals surface area (Å²) in [5.74, 6) is 0.396. The van der Waals surface area contributed by atoms with Gasteiger partial charge < -0.3 is 16.0 Å². The molecule has 20 heavy (non-hydrogen) atoms. The highest BCUT2D eigenvalue weighted by molar-refractivity contribution is 6.02. The number of hydrogen-bond donors (Lipinski definition) is 2. The minimum Gasteiger partial charge on any atom is -0.338 e. The van der Waals surface area contributed by atoms with E-state index < -0.39 is 0 Å². The second kappa shape index (κ2) is 4.90. The monoisotopic (exact) mass is 273 g/mol. The van der Waals surface area contributed by atoms with Crippen molar-refractivity contribution in [1.29, 1.82) is 0 Å². The van der Waals surface area contributed by atoms with Crippen molar-refractivity contribution in [3.8, 4) is 0 Å². The Morgan fingerprint density at radius 1 is 1.50 bits per heavy atom. The van der Waals surface area contributed by atoms with E-state index >= 15 is 0 Å². The summed E-state index contributed by atoms with van der Waals surface area (Å²) in [7, 11) is 0. The Hall–Kier alpha value is -1.88. The maximum atomic E-state index is 12.5. The molecule has 0 saturated carbocycles.